The fraction of sp³-hybridized carbons (Fsp3) is 0.444. The summed E-state index contributed by atoms with van der Waals surface area (Å²) in [6, 6.07) is 18.4. The first-order valence-corrected chi connectivity index (χ1v) is 15.9. The Morgan fingerprint density at radius 2 is 1.51 bits per heavy atom. The molecule has 1 aliphatic rings. The standard InChI is InChI=1S/C36H46N4O5/c1-5-25-8-14-30(15-9-25)39-34(42)32(22-26-10-16-31(17-11-26)44-24-28-18-20-37-21-19-28)40-33(41)29-12-6-27(7-13-29)23-38-35(43)45-36(2,3)4/h8-11,14-21,27,29,32H,5-7,12-13,22-24H2,1-4H3,(H,38,43)(H,39,42)(H,40,41)/t27?,29?,32-/m0/s1. The number of benzene rings is 2. The average molecular weight is 615 g/mol. The van der Waals surface area contributed by atoms with E-state index in [-0.39, 0.29) is 23.7 Å². The molecule has 2 aromatic carbocycles. The number of aryl methyl sites for hydroxylation is 1. The summed E-state index contributed by atoms with van der Waals surface area (Å²) in [7, 11) is 0. The minimum absolute atomic E-state index is 0.118. The number of alkyl carbamates (subject to hydrolysis) is 1. The lowest BCUT2D eigenvalue weighted by atomic mass is 9.81. The molecule has 0 bridgehead atoms. The van der Waals surface area contributed by atoms with Gasteiger partial charge in [0.1, 0.15) is 24.0 Å². The van der Waals surface area contributed by atoms with Gasteiger partial charge in [0.05, 0.1) is 0 Å². The minimum Gasteiger partial charge on any atom is -0.489 e. The molecule has 9 heteroatoms. The van der Waals surface area contributed by atoms with Crippen molar-refractivity contribution in [3.8, 4) is 5.75 Å². The SMILES string of the molecule is CCc1ccc(NC(=O)[C@H](Cc2ccc(OCc3ccncc3)cc2)NC(=O)C2CCC(CNC(=O)OC(C)(C)C)CC2)cc1. The number of aromatic nitrogens is 1. The van der Waals surface area contributed by atoms with Gasteiger partial charge in [-0.05, 0) is 112 Å². The number of anilines is 1. The second kappa shape index (κ2) is 16.1. The largest absolute Gasteiger partial charge is 0.489 e. The molecule has 0 unspecified atom stereocenters. The van der Waals surface area contributed by atoms with E-state index >= 15 is 0 Å². The highest BCUT2D eigenvalue weighted by atomic mass is 16.6. The number of ether oxygens (including phenoxy) is 2. The molecule has 45 heavy (non-hydrogen) atoms. The number of nitrogens with zero attached hydrogens (tertiary/aromatic N) is 1. The molecule has 3 aromatic rings. The van der Waals surface area contributed by atoms with Crippen LogP contribution in [0.25, 0.3) is 0 Å². The Bertz CT molecular complexity index is 1380. The van der Waals surface area contributed by atoms with Crippen molar-refractivity contribution in [3.63, 3.8) is 0 Å². The number of amides is 3. The first-order valence-electron chi connectivity index (χ1n) is 15.9. The average Bonchev–Trinajstić information content (AvgIpc) is 3.03. The van der Waals surface area contributed by atoms with Crippen molar-refractivity contribution >= 4 is 23.6 Å². The fourth-order valence-electron chi connectivity index (χ4n) is 5.33. The molecule has 0 aliphatic heterocycles. The quantitative estimate of drug-likeness (QED) is 0.223. The molecule has 0 spiro atoms. The monoisotopic (exact) mass is 614 g/mol. The van der Waals surface area contributed by atoms with Crippen LogP contribution in [0.2, 0.25) is 0 Å². The summed E-state index contributed by atoms with van der Waals surface area (Å²) in [5.41, 5.74) is 3.26. The molecule has 1 saturated carbocycles. The predicted molar refractivity (Wildman–Crippen MR) is 175 cm³/mol. The highest BCUT2D eigenvalue weighted by Gasteiger charge is 2.30. The Balaban J connectivity index is 1.35. The summed E-state index contributed by atoms with van der Waals surface area (Å²) in [6.07, 6.45) is 7.31. The third-order valence-electron chi connectivity index (χ3n) is 7.93. The molecule has 1 heterocycles. The Hall–Kier alpha value is -4.40. The topological polar surface area (TPSA) is 119 Å². The maximum Gasteiger partial charge on any atom is 0.407 e. The van der Waals surface area contributed by atoms with Crippen LogP contribution in [0.4, 0.5) is 10.5 Å². The summed E-state index contributed by atoms with van der Waals surface area (Å²) in [5.74, 6) is 0.430. The highest BCUT2D eigenvalue weighted by molar-refractivity contribution is 5.97. The van der Waals surface area contributed by atoms with Gasteiger partial charge in [0, 0.05) is 37.0 Å². The van der Waals surface area contributed by atoms with Gasteiger partial charge in [-0.15, -0.1) is 0 Å². The zero-order chi connectivity index (χ0) is 32.2. The summed E-state index contributed by atoms with van der Waals surface area (Å²) in [6.45, 7) is 8.54. The minimum atomic E-state index is -0.751. The zero-order valence-electron chi connectivity index (χ0n) is 26.8. The van der Waals surface area contributed by atoms with Crippen molar-refractivity contribution in [1.82, 2.24) is 15.6 Å². The van der Waals surface area contributed by atoms with Crippen LogP contribution >= 0.6 is 0 Å². The van der Waals surface area contributed by atoms with E-state index in [4.69, 9.17) is 9.47 Å². The first-order chi connectivity index (χ1) is 21.6. The lowest BCUT2D eigenvalue weighted by Crippen LogP contribution is -2.48. The third-order valence-corrected chi connectivity index (χ3v) is 7.93. The third kappa shape index (κ3) is 11.2. The van der Waals surface area contributed by atoms with Crippen molar-refractivity contribution in [1.29, 1.82) is 0 Å². The van der Waals surface area contributed by atoms with E-state index in [2.05, 4.69) is 27.9 Å². The summed E-state index contributed by atoms with van der Waals surface area (Å²) in [5, 5.41) is 8.89. The molecule has 1 aromatic heterocycles. The summed E-state index contributed by atoms with van der Waals surface area (Å²) >= 11 is 0. The van der Waals surface area contributed by atoms with Crippen LogP contribution in [0.3, 0.4) is 0 Å². The van der Waals surface area contributed by atoms with Crippen molar-refractivity contribution < 1.29 is 23.9 Å². The number of hydrogen-bond acceptors (Lipinski definition) is 6. The number of rotatable bonds is 12. The molecule has 3 amide bonds. The normalized spacial score (nSPS) is 17.1. The molecular weight excluding hydrogens is 568 g/mol. The molecule has 3 N–H and O–H groups in total. The molecule has 4 rings (SSSR count). The van der Waals surface area contributed by atoms with Crippen molar-refractivity contribution in [2.75, 3.05) is 11.9 Å². The molecule has 240 valence electrons. The zero-order valence-corrected chi connectivity index (χ0v) is 26.8. The molecule has 1 fully saturated rings. The second-order valence-corrected chi connectivity index (χ2v) is 12.7. The van der Waals surface area contributed by atoms with Crippen molar-refractivity contribution in [2.45, 2.75) is 84.5 Å². The molecule has 1 atom stereocenters. The van der Waals surface area contributed by atoms with E-state index in [1.54, 1.807) is 12.4 Å². The number of pyridine rings is 1. The molecule has 9 nitrogen and oxygen atoms in total. The molecule has 0 saturated heterocycles. The Labute approximate surface area is 266 Å². The van der Waals surface area contributed by atoms with Crippen LogP contribution in [0.1, 0.15) is 70.1 Å². The maximum absolute atomic E-state index is 13.5. The highest BCUT2D eigenvalue weighted by Crippen LogP contribution is 2.29. The van der Waals surface area contributed by atoms with Crippen LogP contribution in [0.5, 0.6) is 5.75 Å². The van der Waals surface area contributed by atoms with Crippen LogP contribution in [0, 0.1) is 11.8 Å². The second-order valence-electron chi connectivity index (χ2n) is 12.7. The molecule has 1 aliphatic carbocycles. The lowest BCUT2D eigenvalue weighted by molar-refractivity contribution is -0.130. The smallest absolute Gasteiger partial charge is 0.407 e. The van der Waals surface area contributed by atoms with Crippen LogP contribution in [0.15, 0.2) is 73.1 Å². The molecular formula is C36H46N4O5. The molecule has 0 radical (unpaired) electrons. The van der Waals surface area contributed by atoms with E-state index in [1.165, 1.54) is 5.56 Å². The number of carbonyl (C=O) groups excluding carboxylic acids is 3. The van der Waals surface area contributed by atoms with E-state index in [1.807, 2.05) is 81.4 Å². The van der Waals surface area contributed by atoms with Crippen LogP contribution in [-0.2, 0) is 33.8 Å². The fourth-order valence-corrected chi connectivity index (χ4v) is 5.33. The van der Waals surface area contributed by atoms with Crippen LogP contribution < -0.4 is 20.7 Å². The Morgan fingerprint density at radius 3 is 2.13 bits per heavy atom. The van der Waals surface area contributed by atoms with Gasteiger partial charge in [-0.1, -0.05) is 31.2 Å². The van der Waals surface area contributed by atoms with Gasteiger partial charge in [0.25, 0.3) is 0 Å². The van der Waals surface area contributed by atoms with E-state index < -0.39 is 17.7 Å². The Morgan fingerprint density at radius 1 is 0.867 bits per heavy atom. The van der Waals surface area contributed by atoms with Gasteiger partial charge in [-0.25, -0.2) is 4.79 Å². The number of nitrogens with one attached hydrogen (secondary N) is 3. The predicted octanol–water partition coefficient (Wildman–Crippen LogP) is 6.22. The lowest BCUT2D eigenvalue weighted by Gasteiger charge is -2.29. The van der Waals surface area contributed by atoms with E-state index in [9.17, 15) is 14.4 Å². The van der Waals surface area contributed by atoms with Gasteiger partial charge in [0.15, 0.2) is 0 Å². The van der Waals surface area contributed by atoms with Gasteiger partial charge in [0.2, 0.25) is 11.8 Å². The number of carbonyl (C=O) groups is 3. The summed E-state index contributed by atoms with van der Waals surface area (Å²) in [4.78, 5) is 43.0. The van der Waals surface area contributed by atoms with Gasteiger partial charge in [-0.2, -0.15) is 0 Å². The van der Waals surface area contributed by atoms with Crippen molar-refractivity contribution in [2.24, 2.45) is 11.8 Å². The van der Waals surface area contributed by atoms with Gasteiger partial charge >= 0.3 is 6.09 Å². The Kier molecular flexibility index (Phi) is 12.0. The summed E-state index contributed by atoms with van der Waals surface area (Å²) < 4.78 is 11.2. The first kappa shape index (κ1) is 33.5. The number of hydrogen-bond donors (Lipinski definition) is 3. The van der Waals surface area contributed by atoms with Gasteiger partial charge in [-0.3, -0.25) is 14.6 Å². The van der Waals surface area contributed by atoms with Crippen LogP contribution in [-0.4, -0.2) is 41.1 Å². The van der Waals surface area contributed by atoms with Crippen molar-refractivity contribution in [3.05, 3.63) is 89.7 Å². The van der Waals surface area contributed by atoms with Gasteiger partial charge < -0.3 is 25.4 Å². The van der Waals surface area contributed by atoms with E-state index in [0.29, 0.717) is 38.1 Å². The van der Waals surface area contributed by atoms with E-state index in [0.717, 1.165) is 36.1 Å². The maximum atomic E-state index is 13.5.